The van der Waals surface area contributed by atoms with Crippen LogP contribution in [0.5, 0.6) is 5.75 Å². The number of benzene rings is 1. The van der Waals surface area contributed by atoms with Gasteiger partial charge in [-0.3, -0.25) is 4.68 Å². The van der Waals surface area contributed by atoms with Crippen molar-refractivity contribution < 1.29 is 4.74 Å². The molecule has 1 aromatic carbocycles. The van der Waals surface area contributed by atoms with Crippen LogP contribution in [0.3, 0.4) is 0 Å². The molecule has 0 saturated carbocycles. The molecule has 0 atom stereocenters. The van der Waals surface area contributed by atoms with Crippen LogP contribution >= 0.6 is 0 Å². The van der Waals surface area contributed by atoms with Crippen LogP contribution in [0.25, 0.3) is 11.3 Å². The lowest BCUT2D eigenvalue weighted by molar-refractivity contribution is 0.410. The molecule has 102 valence electrons. The summed E-state index contributed by atoms with van der Waals surface area (Å²) >= 11 is 0. The Balaban J connectivity index is 2.56. The number of rotatable bonds is 4. The Morgan fingerprint density at radius 2 is 2.11 bits per heavy atom. The summed E-state index contributed by atoms with van der Waals surface area (Å²) in [5, 5.41) is 4.46. The molecule has 4 nitrogen and oxygen atoms in total. The molecule has 0 aliphatic heterocycles. The average Bonchev–Trinajstić information content (AvgIpc) is 2.72. The van der Waals surface area contributed by atoms with Crippen molar-refractivity contribution in [1.82, 2.24) is 9.78 Å². The Kier molecular flexibility index (Phi) is 3.90. The number of methoxy groups -OCH3 is 1. The molecule has 4 heteroatoms. The van der Waals surface area contributed by atoms with Gasteiger partial charge in [0.15, 0.2) is 0 Å². The van der Waals surface area contributed by atoms with Gasteiger partial charge in [0.05, 0.1) is 18.5 Å². The lowest BCUT2D eigenvalue weighted by Crippen LogP contribution is -1.99. The first-order valence-corrected chi connectivity index (χ1v) is 6.52. The van der Waals surface area contributed by atoms with Crippen LogP contribution in [0.4, 0.5) is 0 Å². The lowest BCUT2D eigenvalue weighted by atomic mass is 10.0. The highest BCUT2D eigenvalue weighted by Crippen LogP contribution is 2.29. The van der Waals surface area contributed by atoms with E-state index in [0.717, 1.165) is 34.7 Å². The summed E-state index contributed by atoms with van der Waals surface area (Å²) in [5.41, 5.74) is 11.3. The van der Waals surface area contributed by atoms with E-state index in [2.05, 4.69) is 31.1 Å². The normalized spacial score (nSPS) is 10.8. The molecule has 0 amide bonds. The third-order valence-electron chi connectivity index (χ3n) is 3.51. The molecule has 19 heavy (non-hydrogen) atoms. The summed E-state index contributed by atoms with van der Waals surface area (Å²) in [4.78, 5) is 0. The second-order valence-electron chi connectivity index (χ2n) is 4.63. The molecule has 0 aliphatic carbocycles. The third-order valence-corrected chi connectivity index (χ3v) is 3.51. The topological polar surface area (TPSA) is 53.1 Å². The van der Waals surface area contributed by atoms with E-state index in [1.54, 1.807) is 7.11 Å². The quantitative estimate of drug-likeness (QED) is 0.917. The molecule has 0 aliphatic rings. The monoisotopic (exact) mass is 259 g/mol. The fourth-order valence-corrected chi connectivity index (χ4v) is 2.48. The third kappa shape index (κ3) is 2.36. The van der Waals surface area contributed by atoms with Crippen LogP contribution in [0.15, 0.2) is 18.2 Å². The van der Waals surface area contributed by atoms with Gasteiger partial charge in [0.25, 0.3) is 0 Å². The summed E-state index contributed by atoms with van der Waals surface area (Å²) in [6.07, 6.45) is 0.942. The molecule has 2 rings (SSSR count). The van der Waals surface area contributed by atoms with Crippen LogP contribution in [-0.4, -0.2) is 16.9 Å². The van der Waals surface area contributed by atoms with E-state index in [9.17, 15) is 0 Å². The predicted molar refractivity (Wildman–Crippen MR) is 77.2 cm³/mol. The summed E-state index contributed by atoms with van der Waals surface area (Å²) in [6, 6.07) is 6.26. The van der Waals surface area contributed by atoms with Gasteiger partial charge >= 0.3 is 0 Å². The van der Waals surface area contributed by atoms with Crippen LogP contribution in [0.1, 0.15) is 23.7 Å². The van der Waals surface area contributed by atoms with Gasteiger partial charge < -0.3 is 10.5 Å². The van der Waals surface area contributed by atoms with Gasteiger partial charge in [0.1, 0.15) is 5.75 Å². The zero-order chi connectivity index (χ0) is 14.0. The van der Waals surface area contributed by atoms with Gasteiger partial charge in [-0.05, 0) is 42.7 Å². The summed E-state index contributed by atoms with van der Waals surface area (Å²) in [5.74, 6) is 0.935. The first kappa shape index (κ1) is 13.6. The fourth-order valence-electron chi connectivity index (χ4n) is 2.48. The standard InChI is InChI=1S/C15H21N3O/c1-5-11-8-12(6-7-14(11)19-4)15-10(2)13(9-16)17-18(15)3/h6-8H,5,9,16H2,1-4H3. The first-order chi connectivity index (χ1) is 9.12. The summed E-state index contributed by atoms with van der Waals surface area (Å²) < 4.78 is 7.27. The Bertz CT molecular complexity index is 587. The van der Waals surface area contributed by atoms with Crippen molar-refractivity contribution in [3.8, 4) is 17.0 Å². The predicted octanol–water partition coefficient (Wildman–Crippen LogP) is 2.43. The molecule has 1 aromatic heterocycles. The molecule has 2 aromatic rings. The largest absolute Gasteiger partial charge is 0.496 e. The summed E-state index contributed by atoms with van der Waals surface area (Å²) in [7, 11) is 3.66. The number of ether oxygens (including phenoxy) is 1. The zero-order valence-electron chi connectivity index (χ0n) is 12.0. The minimum Gasteiger partial charge on any atom is -0.496 e. The maximum atomic E-state index is 5.72. The molecule has 0 unspecified atom stereocenters. The zero-order valence-corrected chi connectivity index (χ0v) is 12.0. The van der Waals surface area contributed by atoms with Gasteiger partial charge in [-0.25, -0.2) is 0 Å². The van der Waals surface area contributed by atoms with Crippen molar-refractivity contribution in [2.75, 3.05) is 7.11 Å². The van der Waals surface area contributed by atoms with E-state index >= 15 is 0 Å². The van der Waals surface area contributed by atoms with Crippen LogP contribution < -0.4 is 10.5 Å². The molecule has 1 heterocycles. The Labute approximate surface area is 114 Å². The molecule has 0 radical (unpaired) electrons. The Morgan fingerprint density at radius 3 is 2.63 bits per heavy atom. The van der Waals surface area contributed by atoms with Crippen LogP contribution in [0.2, 0.25) is 0 Å². The van der Waals surface area contributed by atoms with Crippen LogP contribution in [0, 0.1) is 6.92 Å². The van der Waals surface area contributed by atoms with E-state index in [1.807, 2.05) is 17.8 Å². The Hall–Kier alpha value is -1.81. The average molecular weight is 259 g/mol. The van der Waals surface area contributed by atoms with Crippen molar-refractivity contribution >= 4 is 0 Å². The van der Waals surface area contributed by atoms with Crippen molar-refractivity contribution in [2.45, 2.75) is 26.8 Å². The number of nitrogens with zero attached hydrogens (tertiary/aromatic N) is 2. The minimum absolute atomic E-state index is 0.469. The lowest BCUT2D eigenvalue weighted by Gasteiger charge is -2.10. The number of hydrogen-bond acceptors (Lipinski definition) is 3. The highest BCUT2D eigenvalue weighted by Gasteiger charge is 2.14. The molecule has 0 saturated heterocycles. The van der Waals surface area contributed by atoms with Crippen LogP contribution in [-0.2, 0) is 20.0 Å². The molecule has 0 bridgehead atoms. The van der Waals surface area contributed by atoms with Gasteiger partial charge in [-0.1, -0.05) is 6.92 Å². The minimum atomic E-state index is 0.469. The number of aromatic nitrogens is 2. The second-order valence-corrected chi connectivity index (χ2v) is 4.63. The smallest absolute Gasteiger partial charge is 0.122 e. The van der Waals surface area contributed by atoms with Gasteiger partial charge in [-0.2, -0.15) is 5.10 Å². The number of hydrogen-bond donors (Lipinski definition) is 1. The van der Waals surface area contributed by atoms with E-state index < -0.39 is 0 Å². The second kappa shape index (κ2) is 5.45. The van der Waals surface area contributed by atoms with E-state index in [4.69, 9.17) is 10.5 Å². The molecular weight excluding hydrogens is 238 g/mol. The molecular formula is C15H21N3O. The Morgan fingerprint density at radius 1 is 1.37 bits per heavy atom. The van der Waals surface area contributed by atoms with Gasteiger partial charge in [0.2, 0.25) is 0 Å². The number of aryl methyl sites for hydroxylation is 2. The SMILES string of the molecule is CCc1cc(-c2c(C)c(CN)nn2C)ccc1OC. The maximum absolute atomic E-state index is 5.72. The number of nitrogens with two attached hydrogens (primary N) is 1. The van der Waals surface area contributed by atoms with Crippen molar-refractivity contribution in [3.63, 3.8) is 0 Å². The fraction of sp³-hybridized carbons (Fsp3) is 0.400. The van der Waals surface area contributed by atoms with Gasteiger partial charge in [-0.15, -0.1) is 0 Å². The van der Waals surface area contributed by atoms with E-state index in [-0.39, 0.29) is 0 Å². The van der Waals surface area contributed by atoms with E-state index in [0.29, 0.717) is 6.54 Å². The highest BCUT2D eigenvalue weighted by molar-refractivity contribution is 5.66. The molecule has 0 fully saturated rings. The van der Waals surface area contributed by atoms with Crippen molar-refractivity contribution in [3.05, 3.63) is 35.0 Å². The van der Waals surface area contributed by atoms with Gasteiger partial charge in [0, 0.05) is 19.2 Å². The van der Waals surface area contributed by atoms with E-state index in [1.165, 1.54) is 5.56 Å². The maximum Gasteiger partial charge on any atom is 0.122 e. The summed E-state index contributed by atoms with van der Waals surface area (Å²) in [6.45, 7) is 4.67. The van der Waals surface area contributed by atoms with Crippen molar-refractivity contribution in [1.29, 1.82) is 0 Å². The first-order valence-electron chi connectivity index (χ1n) is 6.52. The molecule has 2 N–H and O–H groups in total. The highest BCUT2D eigenvalue weighted by atomic mass is 16.5. The molecule has 0 spiro atoms. The van der Waals surface area contributed by atoms with Crippen molar-refractivity contribution in [2.24, 2.45) is 12.8 Å².